The molecule has 0 heterocycles. The lowest BCUT2D eigenvalue weighted by molar-refractivity contribution is 0.299. The first-order valence-corrected chi connectivity index (χ1v) is 7.29. The third-order valence-corrected chi connectivity index (χ3v) is 3.33. The van der Waals surface area contributed by atoms with Gasteiger partial charge in [0.15, 0.2) is 0 Å². The largest absolute Gasteiger partial charge is 0.487 e. The molecule has 0 atom stereocenters. The average Bonchev–Trinajstić information content (AvgIpc) is 2.62. The van der Waals surface area contributed by atoms with E-state index < -0.39 is 0 Å². The molecule has 0 aliphatic carbocycles. The van der Waals surface area contributed by atoms with Crippen molar-refractivity contribution in [3.63, 3.8) is 0 Å². The van der Waals surface area contributed by atoms with Gasteiger partial charge in [-0.25, -0.2) is 0 Å². The van der Waals surface area contributed by atoms with Gasteiger partial charge in [-0.1, -0.05) is 48.5 Å². The molecule has 3 rings (SSSR count). The van der Waals surface area contributed by atoms with Crippen molar-refractivity contribution < 1.29 is 9.47 Å². The van der Waals surface area contributed by atoms with Crippen molar-refractivity contribution in [3.8, 4) is 23.3 Å². The van der Waals surface area contributed by atoms with Crippen LogP contribution < -0.4 is 9.47 Å². The Morgan fingerprint density at radius 1 is 0.739 bits per heavy atom. The third kappa shape index (κ3) is 3.69. The third-order valence-electron chi connectivity index (χ3n) is 3.33. The van der Waals surface area contributed by atoms with Crippen LogP contribution in [-0.4, -0.2) is 0 Å². The molecule has 0 aromatic heterocycles. The summed E-state index contributed by atoms with van der Waals surface area (Å²) in [4.78, 5) is 0. The van der Waals surface area contributed by atoms with Crippen LogP contribution in [0, 0.1) is 11.3 Å². The monoisotopic (exact) mass is 301 g/mol. The van der Waals surface area contributed by atoms with Crippen molar-refractivity contribution in [1.82, 2.24) is 0 Å². The fourth-order valence-electron chi connectivity index (χ4n) is 2.18. The summed E-state index contributed by atoms with van der Waals surface area (Å²) in [5.74, 6) is 2.09. The van der Waals surface area contributed by atoms with Gasteiger partial charge >= 0.3 is 0 Å². The van der Waals surface area contributed by atoms with E-state index in [1.54, 1.807) is 12.1 Å². The molecule has 0 saturated heterocycles. The summed E-state index contributed by atoms with van der Waals surface area (Å²) in [6.07, 6.45) is 0. The van der Waals surface area contributed by atoms with Crippen molar-refractivity contribution in [1.29, 1.82) is 5.26 Å². The molecule has 0 saturated carbocycles. The van der Waals surface area contributed by atoms with E-state index in [4.69, 9.17) is 14.7 Å². The van der Waals surface area contributed by atoms with E-state index in [0.29, 0.717) is 17.9 Å². The van der Waals surface area contributed by atoms with Crippen LogP contribution in [0.25, 0.3) is 0 Å². The smallest absolute Gasteiger partial charge is 0.137 e. The fraction of sp³-hybridized carbons (Fsp3) is 0.0500. The van der Waals surface area contributed by atoms with Crippen LogP contribution in [-0.2, 0) is 6.61 Å². The second-order valence-corrected chi connectivity index (χ2v) is 4.92. The highest BCUT2D eigenvalue weighted by Crippen LogP contribution is 2.26. The molecule has 3 nitrogen and oxygen atoms in total. The summed E-state index contributed by atoms with van der Waals surface area (Å²) in [5, 5.41) is 9.11. The molecular weight excluding hydrogens is 286 g/mol. The molecule has 0 bridgehead atoms. The van der Waals surface area contributed by atoms with Gasteiger partial charge in [-0.05, 0) is 30.3 Å². The number of nitriles is 1. The Hall–Kier alpha value is -3.25. The zero-order valence-corrected chi connectivity index (χ0v) is 12.5. The van der Waals surface area contributed by atoms with E-state index in [-0.39, 0.29) is 0 Å². The Morgan fingerprint density at radius 2 is 1.39 bits per heavy atom. The summed E-state index contributed by atoms with van der Waals surface area (Å²) in [7, 11) is 0. The molecular formula is C20H15NO2. The highest BCUT2D eigenvalue weighted by atomic mass is 16.5. The highest BCUT2D eigenvalue weighted by molar-refractivity contribution is 5.43. The Balaban J connectivity index is 1.77. The van der Waals surface area contributed by atoms with Gasteiger partial charge in [0.05, 0.1) is 5.56 Å². The number of ether oxygens (including phenoxy) is 2. The molecule has 0 N–H and O–H groups in total. The molecule has 0 spiro atoms. The second kappa shape index (κ2) is 7.15. The molecule has 112 valence electrons. The average molecular weight is 301 g/mol. The zero-order valence-electron chi connectivity index (χ0n) is 12.5. The van der Waals surface area contributed by atoms with Crippen molar-refractivity contribution in [2.75, 3.05) is 0 Å². The minimum absolute atomic E-state index is 0.335. The summed E-state index contributed by atoms with van der Waals surface area (Å²) >= 11 is 0. The van der Waals surface area contributed by atoms with Crippen molar-refractivity contribution in [2.45, 2.75) is 6.61 Å². The molecule has 3 heteroatoms. The van der Waals surface area contributed by atoms with Crippen LogP contribution in [0.5, 0.6) is 17.2 Å². The van der Waals surface area contributed by atoms with Gasteiger partial charge in [-0.15, -0.1) is 0 Å². The van der Waals surface area contributed by atoms with Crippen LogP contribution in [0.1, 0.15) is 11.1 Å². The van der Waals surface area contributed by atoms with Crippen LogP contribution in [0.15, 0.2) is 78.9 Å². The van der Waals surface area contributed by atoms with E-state index in [2.05, 4.69) is 6.07 Å². The summed E-state index contributed by atoms with van der Waals surface area (Å²) in [5.41, 5.74) is 1.44. The van der Waals surface area contributed by atoms with Gasteiger partial charge in [0.1, 0.15) is 29.9 Å². The molecule has 0 unspecified atom stereocenters. The number of rotatable bonds is 5. The lowest BCUT2D eigenvalue weighted by atomic mass is 10.2. The van der Waals surface area contributed by atoms with Gasteiger partial charge in [0.2, 0.25) is 0 Å². The number of hydrogen-bond donors (Lipinski definition) is 0. The predicted octanol–water partition coefficient (Wildman–Crippen LogP) is 4.93. The summed E-state index contributed by atoms with van der Waals surface area (Å²) < 4.78 is 11.7. The van der Waals surface area contributed by atoms with E-state index in [0.717, 1.165) is 17.1 Å². The van der Waals surface area contributed by atoms with Crippen molar-refractivity contribution in [3.05, 3.63) is 90.0 Å². The molecule has 0 radical (unpaired) electrons. The standard InChI is InChI=1S/C20H15NO2/c21-14-16-8-4-6-12-19(16)22-15-17-9-5-7-13-20(17)23-18-10-2-1-3-11-18/h1-13H,15H2. The maximum absolute atomic E-state index is 9.11. The van der Waals surface area contributed by atoms with Crippen LogP contribution in [0.2, 0.25) is 0 Å². The topological polar surface area (TPSA) is 42.2 Å². The number of benzene rings is 3. The molecule has 0 aliphatic heterocycles. The lowest BCUT2D eigenvalue weighted by Crippen LogP contribution is -1.99. The van der Waals surface area contributed by atoms with Crippen molar-refractivity contribution >= 4 is 0 Å². The van der Waals surface area contributed by atoms with Gasteiger partial charge in [-0.2, -0.15) is 5.26 Å². The van der Waals surface area contributed by atoms with Gasteiger partial charge in [0.25, 0.3) is 0 Å². The second-order valence-electron chi connectivity index (χ2n) is 4.92. The highest BCUT2D eigenvalue weighted by Gasteiger charge is 2.07. The normalized spacial score (nSPS) is 9.87. The number of nitrogens with zero attached hydrogens (tertiary/aromatic N) is 1. The number of hydrogen-bond acceptors (Lipinski definition) is 3. The zero-order chi connectivity index (χ0) is 15.9. The van der Waals surface area contributed by atoms with E-state index >= 15 is 0 Å². The van der Waals surface area contributed by atoms with E-state index in [1.807, 2.05) is 66.7 Å². The van der Waals surface area contributed by atoms with Crippen LogP contribution in [0.3, 0.4) is 0 Å². The Bertz CT molecular complexity index is 822. The lowest BCUT2D eigenvalue weighted by Gasteiger charge is -2.12. The Labute approximate surface area is 135 Å². The van der Waals surface area contributed by atoms with E-state index in [9.17, 15) is 0 Å². The maximum atomic E-state index is 9.11. The maximum Gasteiger partial charge on any atom is 0.137 e. The molecule has 3 aromatic carbocycles. The molecule has 0 amide bonds. The summed E-state index contributed by atoms with van der Waals surface area (Å²) in [6.45, 7) is 0.335. The minimum Gasteiger partial charge on any atom is -0.487 e. The van der Waals surface area contributed by atoms with Crippen LogP contribution >= 0.6 is 0 Å². The molecule has 3 aromatic rings. The SMILES string of the molecule is N#Cc1ccccc1OCc1ccccc1Oc1ccccc1. The predicted molar refractivity (Wildman–Crippen MR) is 88.4 cm³/mol. The molecule has 23 heavy (non-hydrogen) atoms. The number of para-hydroxylation sites is 3. The Kier molecular flexibility index (Phi) is 4.56. The molecule has 0 aliphatic rings. The first-order valence-electron chi connectivity index (χ1n) is 7.29. The van der Waals surface area contributed by atoms with Gasteiger partial charge in [0, 0.05) is 5.56 Å². The quantitative estimate of drug-likeness (QED) is 0.671. The van der Waals surface area contributed by atoms with E-state index in [1.165, 1.54) is 0 Å². The first-order chi connectivity index (χ1) is 11.4. The summed E-state index contributed by atoms with van der Waals surface area (Å²) in [6, 6.07) is 26.7. The van der Waals surface area contributed by atoms with Gasteiger partial charge < -0.3 is 9.47 Å². The Morgan fingerprint density at radius 3 is 2.17 bits per heavy atom. The first kappa shape index (κ1) is 14.7. The fourth-order valence-corrected chi connectivity index (χ4v) is 2.18. The minimum atomic E-state index is 0.335. The molecule has 0 fully saturated rings. The van der Waals surface area contributed by atoms with Gasteiger partial charge in [-0.3, -0.25) is 0 Å². The van der Waals surface area contributed by atoms with Crippen LogP contribution in [0.4, 0.5) is 0 Å². The van der Waals surface area contributed by atoms with Crippen molar-refractivity contribution in [2.24, 2.45) is 0 Å².